The van der Waals surface area contributed by atoms with Gasteiger partial charge in [0.25, 0.3) is 5.91 Å². The molecule has 0 radical (unpaired) electrons. The molecule has 1 fully saturated rings. The maximum atomic E-state index is 12.7. The highest BCUT2D eigenvalue weighted by molar-refractivity contribution is 5.91. The molecule has 1 N–H and O–H groups in total. The molecule has 0 saturated carbocycles. The summed E-state index contributed by atoms with van der Waals surface area (Å²) in [6, 6.07) is 13.0. The molecule has 2 aromatic heterocycles. The van der Waals surface area contributed by atoms with Crippen LogP contribution in [0.15, 0.2) is 57.7 Å². The summed E-state index contributed by atoms with van der Waals surface area (Å²) in [6.07, 6.45) is 3.97. The first-order valence-electron chi connectivity index (χ1n) is 10.2. The lowest BCUT2D eigenvalue weighted by molar-refractivity contribution is -0.121. The molecule has 1 aliphatic rings. The Morgan fingerprint density at radius 2 is 1.97 bits per heavy atom. The van der Waals surface area contributed by atoms with Crippen molar-refractivity contribution >= 4 is 11.8 Å². The average Bonchev–Trinajstić information content (AvgIpc) is 3.46. The van der Waals surface area contributed by atoms with Gasteiger partial charge in [-0.15, -0.1) is 0 Å². The van der Waals surface area contributed by atoms with Crippen molar-refractivity contribution in [3.63, 3.8) is 0 Å². The number of rotatable bonds is 3. The van der Waals surface area contributed by atoms with Gasteiger partial charge in [-0.3, -0.25) is 9.59 Å². The topological polar surface area (TPSA) is 101 Å². The first kappa shape index (κ1) is 19.9. The van der Waals surface area contributed by atoms with Crippen LogP contribution in [0, 0.1) is 0 Å². The molecule has 0 bridgehead atoms. The highest BCUT2D eigenvalue weighted by atomic mass is 16.5. The Kier molecular flexibility index (Phi) is 6.22. The normalized spacial score (nSPS) is 18.5. The van der Waals surface area contributed by atoms with Crippen molar-refractivity contribution in [2.45, 2.75) is 31.6 Å². The van der Waals surface area contributed by atoms with Crippen molar-refractivity contribution in [2.75, 3.05) is 19.6 Å². The van der Waals surface area contributed by atoms with Crippen LogP contribution in [0.5, 0.6) is 0 Å². The SMILES string of the molecule is O=C1CCN(C(=O)c2ccco2)CCCC(c2nc(-c3ccccc3)no2)CCN1. The zero-order valence-electron chi connectivity index (χ0n) is 16.6. The van der Waals surface area contributed by atoms with E-state index in [1.54, 1.807) is 17.0 Å². The van der Waals surface area contributed by atoms with E-state index in [1.165, 1.54) is 6.26 Å². The number of furan rings is 1. The lowest BCUT2D eigenvalue weighted by Crippen LogP contribution is -2.35. The molecule has 1 unspecified atom stereocenters. The van der Waals surface area contributed by atoms with Crippen LogP contribution in [-0.4, -0.2) is 46.5 Å². The van der Waals surface area contributed by atoms with E-state index in [0.29, 0.717) is 37.8 Å². The van der Waals surface area contributed by atoms with Gasteiger partial charge in [0.2, 0.25) is 17.6 Å². The maximum Gasteiger partial charge on any atom is 0.289 e. The standard InChI is InChI=1S/C22H24N4O4/c27-19-11-14-26(22(28)18-9-5-15-29-18)13-4-8-17(10-12-23-19)21-24-20(25-30-21)16-6-2-1-3-7-16/h1-3,5-7,9,15,17H,4,8,10-14H2,(H,23,27). The van der Waals surface area contributed by atoms with Crippen molar-refractivity contribution < 1.29 is 18.5 Å². The van der Waals surface area contributed by atoms with E-state index in [-0.39, 0.29) is 29.9 Å². The Labute approximate surface area is 174 Å². The van der Waals surface area contributed by atoms with Crippen molar-refractivity contribution in [1.29, 1.82) is 0 Å². The smallest absolute Gasteiger partial charge is 0.289 e. The lowest BCUT2D eigenvalue weighted by atomic mass is 9.99. The highest BCUT2D eigenvalue weighted by Gasteiger charge is 2.24. The molecule has 1 atom stereocenters. The van der Waals surface area contributed by atoms with Gasteiger partial charge in [0.05, 0.1) is 6.26 Å². The van der Waals surface area contributed by atoms with Crippen LogP contribution in [-0.2, 0) is 4.79 Å². The minimum Gasteiger partial charge on any atom is -0.459 e. The van der Waals surface area contributed by atoms with Gasteiger partial charge in [-0.2, -0.15) is 4.98 Å². The Bertz CT molecular complexity index is 968. The fourth-order valence-electron chi connectivity index (χ4n) is 3.61. The van der Waals surface area contributed by atoms with Crippen molar-refractivity contribution in [2.24, 2.45) is 0 Å². The molecule has 0 aliphatic carbocycles. The number of benzene rings is 1. The first-order chi connectivity index (χ1) is 14.7. The number of carbonyl (C=O) groups is 2. The number of hydrogen-bond donors (Lipinski definition) is 1. The Morgan fingerprint density at radius 1 is 1.10 bits per heavy atom. The van der Waals surface area contributed by atoms with E-state index in [1.807, 2.05) is 30.3 Å². The van der Waals surface area contributed by atoms with Gasteiger partial charge >= 0.3 is 0 Å². The zero-order chi connectivity index (χ0) is 20.8. The average molecular weight is 408 g/mol. The summed E-state index contributed by atoms with van der Waals surface area (Å²) >= 11 is 0. The van der Waals surface area contributed by atoms with Gasteiger partial charge in [-0.05, 0) is 31.4 Å². The van der Waals surface area contributed by atoms with Gasteiger partial charge < -0.3 is 19.2 Å². The number of nitrogens with zero attached hydrogens (tertiary/aromatic N) is 3. The number of aromatic nitrogens is 2. The second kappa shape index (κ2) is 9.39. The number of carbonyl (C=O) groups excluding carboxylic acids is 2. The molecule has 1 aromatic carbocycles. The minimum absolute atomic E-state index is 0.00827. The molecule has 3 heterocycles. The van der Waals surface area contributed by atoms with Gasteiger partial charge in [0.15, 0.2) is 5.76 Å². The quantitative estimate of drug-likeness (QED) is 0.714. The summed E-state index contributed by atoms with van der Waals surface area (Å²) < 4.78 is 10.8. The molecule has 156 valence electrons. The number of nitrogens with one attached hydrogen (secondary N) is 1. The summed E-state index contributed by atoms with van der Waals surface area (Å²) in [5.74, 6) is 1.13. The summed E-state index contributed by atoms with van der Waals surface area (Å²) in [6.45, 7) is 1.41. The van der Waals surface area contributed by atoms with Crippen LogP contribution in [0.1, 0.15) is 48.0 Å². The number of amides is 2. The largest absolute Gasteiger partial charge is 0.459 e. The van der Waals surface area contributed by atoms with Gasteiger partial charge in [0.1, 0.15) is 0 Å². The van der Waals surface area contributed by atoms with E-state index in [4.69, 9.17) is 8.94 Å². The third-order valence-corrected chi connectivity index (χ3v) is 5.25. The van der Waals surface area contributed by atoms with Gasteiger partial charge in [0, 0.05) is 37.5 Å². The van der Waals surface area contributed by atoms with E-state index < -0.39 is 0 Å². The Hall–Kier alpha value is -3.42. The second-order valence-corrected chi connectivity index (χ2v) is 7.32. The first-order valence-corrected chi connectivity index (χ1v) is 10.2. The van der Waals surface area contributed by atoms with E-state index in [9.17, 15) is 9.59 Å². The van der Waals surface area contributed by atoms with Crippen molar-refractivity contribution in [3.8, 4) is 11.4 Å². The molecule has 4 rings (SSSR count). The molecule has 30 heavy (non-hydrogen) atoms. The van der Waals surface area contributed by atoms with Crippen molar-refractivity contribution in [1.82, 2.24) is 20.4 Å². The third kappa shape index (κ3) is 4.76. The zero-order valence-corrected chi connectivity index (χ0v) is 16.6. The molecule has 8 heteroatoms. The van der Waals surface area contributed by atoms with E-state index in [2.05, 4.69) is 15.5 Å². The molecule has 1 saturated heterocycles. The second-order valence-electron chi connectivity index (χ2n) is 7.32. The molecule has 2 amide bonds. The lowest BCUT2D eigenvalue weighted by Gasteiger charge is -2.21. The van der Waals surface area contributed by atoms with Crippen LogP contribution in [0.2, 0.25) is 0 Å². The molecule has 8 nitrogen and oxygen atoms in total. The summed E-state index contributed by atoms with van der Waals surface area (Å²) in [5.41, 5.74) is 0.896. The third-order valence-electron chi connectivity index (χ3n) is 5.25. The van der Waals surface area contributed by atoms with Crippen LogP contribution in [0.4, 0.5) is 0 Å². The molecular formula is C22H24N4O4. The number of hydrogen-bond acceptors (Lipinski definition) is 6. The van der Waals surface area contributed by atoms with E-state index in [0.717, 1.165) is 18.4 Å². The summed E-state index contributed by atoms with van der Waals surface area (Å²) in [7, 11) is 0. The van der Waals surface area contributed by atoms with Crippen LogP contribution in [0.25, 0.3) is 11.4 Å². The van der Waals surface area contributed by atoms with Crippen LogP contribution < -0.4 is 5.32 Å². The summed E-state index contributed by atoms with van der Waals surface area (Å²) in [4.78, 5) is 31.1. The summed E-state index contributed by atoms with van der Waals surface area (Å²) in [5, 5.41) is 7.04. The van der Waals surface area contributed by atoms with Crippen molar-refractivity contribution in [3.05, 3.63) is 60.4 Å². The fourth-order valence-corrected chi connectivity index (χ4v) is 3.61. The highest BCUT2D eigenvalue weighted by Crippen LogP contribution is 2.26. The molecular weight excluding hydrogens is 384 g/mol. The molecule has 1 aliphatic heterocycles. The fraction of sp³-hybridized carbons (Fsp3) is 0.364. The predicted octanol–water partition coefficient (Wildman–Crippen LogP) is 3.25. The Morgan fingerprint density at radius 3 is 2.77 bits per heavy atom. The van der Waals surface area contributed by atoms with Gasteiger partial charge in [-0.1, -0.05) is 35.5 Å². The molecule has 0 spiro atoms. The molecule has 3 aromatic rings. The van der Waals surface area contributed by atoms with Gasteiger partial charge in [-0.25, -0.2) is 0 Å². The van der Waals surface area contributed by atoms with Crippen LogP contribution in [0.3, 0.4) is 0 Å². The Balaban J connectivity index is 1.47. The maximum absolute atomic E-state index is 12.7. The minimum atomic E-state index is -0.201. The van der Waals surface area contributed by atoms with Crippen LogP contribution >= 0.6 is 0 Å². The predicted molar refractivity (Wildman–Crippen MR) is 109 cm³/mol. The monoisotopic (exact) mass is 408 g/mol. The van der Waals surface area contributed by atoms with E-state index >= 15 is 0 Å².